The van der Waals surface area contributed by atoms with E-state index in [0.29, 0.717) is 11.4 Å². The summed E-state index contributed by atoms with van der Waals surface area (Å²) in [5, 5.41) is 3.28. The van der Waals surface area contributed by atoms with Gasteiger partial charge in [-0.3, -0.25) is 9.69 Å². The van der Waals surface area contributed by atoms with Crippen molar-refractivity contribution in [3.63, 3.8) is 0 Å². The van der Waals surface area contributed by atoms with Crippen LogP contribution in [0.15, 0.2) is 42.6 Å². The van der Waals surface area contributed by atoms with Crippen molar-refractivity contribution in [1.82, 2.24) is 10.3 Å². The van der Waals surface area contributed by atoms with E-state index in [1.165, 1.54) is 11.1 Å². The first kappa shape index (κ1) is 11.9. The number of nitrogens with zero attached hydrogens (tertiary/aromatic N) is 2. The number of pyridine rings is 1. The van der Waals surface area contributed by atoms with Crippen molar-refractivity contribution in [2.45, 2.75) is 13.1 Å². The predicted octanol–water partition coefficient (Wildman–Crippen LogP) is 1.96. The van der Waals surface area contributed by atoms with E-state index in [9.17, 15) is 4.79 Å². The fraction of sp³-hybridized carbons (Fsp3) is 0.200. The van der Waals surface area contributed by atoms with Gasteiger partial charge >= 0.3 is 0 Å². The summed E-state index contributed by atoms with van der Waals surface area (Å²) in [6.07, 6.45) is 1.69. The number of nitrogens with one attached hydrogen (secondary N) is 1. The van der Waals surface area contributed by atoms with E-state index in [-0.39, 0.29) is 5.91 Å². The number of amides is 1. The second kappa shape index (κ2) is 4.82. The number of anilines is 1. The van der Waals surface area contributed by atoms with Gasteiger partial charge in [-0.25, -0.2) is 4.98 Å². The molecule has 0 bridgehead atoms. The number of carbonyl (C=O) groups excluding carboxylic acids is 1. The van der Waals surface area contributed by atoms with Crippen LogP contribution in [-0.4, -0.2) is 17.9 Å². The molecule has 1 aromatic carbocycles. The topological polar surface area (TPSA) is 45.2 Å². The third-order valence-corrected chi connectivity index (χ3v) is 3.38. The fourth-order valence-electron chi connectivity index (χ4n) is 2.28. The van der Waals surface area contributed by atoms with Gasteiger partial charge in [0.2, 0.25) is 0 Å². The summed E-state index contributed by atoms with van der Waals surface area (Å²) in [6.45, 7) is 1.73. The van der Waals surface area contributed by atoms with Gasteiger partial charge in [-0.15, -0.1) is 0 Å². The van der Waals surface area contributed by atoms with Gasteiger partial charge in [0.15, 0.2) is 0 Å². The standard InChI is InChI=1S/C15H15N3O/c1-18(14-4-2-3-7-17-14)15(19)11-5-6-12-9-16-10-13(12)8-11/h2-8,16H,9-10H2,1H3. The summed E-state index contributed by atoms with van der Waals surface area (Å²) >= 11 is 0. The summed E-state index contributed by atoms with van der Waals surface area (Å²) < 4.78 is 0. The van der Waals surface area contributed by atoms with Gasteiger partial charge in [-0.05, 0) is 35.4 Å². The second-order valence-corrected chi connectivity index (χ2v) is 4.64. The summed E-state index contributed by atoms with van der Waals surface area (Å²) in [5.41, 5.74) is 3.19. The number of fused-ring (bicyclic) bond motifs is 1. The van der Waals surface area contributed by atoms with Crippen LogP contribution in [0.5, 0.6) is 0 Å². The minimum atomic E-state index is -0.0339. The van der Waals surface area contributed by atoms with E-state index in [1.54, 1.807) is 18.1 Å². The van der Waals surface area contributed by atoms with Gasteiger partial charge < -0.3 is 5.32 Å². The van der Waals surface area contributed by atoms with Crippen LogP contribution in [0, 0.1) is 0 Å². The van der Waals surface area contributed by atoms with E-state index in [1.807, 2.05) is 36.4 Å². The van der Waals surface area contributed by atoms with E-state index >= 15 is 0 Å². The van der Waals surface area contributed by atoms with Gasteiger partial charge in [0.05, 0.1) is 0 Å². The number of rotatable bonds is 2. The molecule has 2 heterocycles. The molecule has 4 heteroatoms. The van der Waals surface area contributed by atoms with Gasteiger partial charge in [0.1, 0.15) is 5.82 Å². The van der Waals surface area contributed by atoms with E-state index < -0.39 is 0 Å². The van der Waals surface area contributed by atoms with Crippen LogP contribution in [0.2, 0.25) is 0 Å². The smallest absolute Gasteiger partial charge is 0.259 e. The zero-order valence-electron chi connectivity index (χ0n) is 10.8. The molecule has 1 aliphatic heterocycles. The van der Waals surface area contributed by atoms with Crippen LogP contribution in [0.4, 0.5) is 5.82 Å². The van der Waals surface area contributed by atoms with Crippen LogP contribution in [0.3, 0.4) is 0 Å². The molecule has 0 aliphatic carbocycles. The van der Waals surface area contributed by atoms with Gasteiger partial charge in [0.25, 0.3) is 5.91 Å². The van der Waals surface area contributed by atoms with Crippen molar-refractivity contribution in [3.05, 3.63) is 59.3 Å². The molecule has 0 unspecified atom stereocenters. The van der Waals surface area contributed by atoms with Crippen molar-refractivity contribution >= 4 is 11.7 Å². The van der Waals surface area contributed by atoms with Crippen molar-refractivity contribution in [1.29, 1.82) is 0 Å². The summed E-state index contributed by atoms with van der Waals surface area (Å²) in [4.78, 5) is 18.2. The first-order chi connectivity index (χ1) is 9.25. The van der Waals surface area contributed by atoms with Crippen LogP contribution in [0.25, 0.3) is 0 Å². The lowest BCUT2D eigenvalue weighted by atomic mass is 10.1. The summed E-state index contributed by atoms with van der Waals surface area (Å²) in [5.74, 6) is 0.625. The van der Waals surface area contributed by atoms with E-state index in [4.69, 9.17) is 0 Å². The number of aromatic nitrogens is 1. The Morgan fingerprint density at radius 2 is 2.05 bits per heavy atom. The zero-order chi connectivity index (χ0) is 13.2. The Morgan fingerprint density at radius 3 is 2.84 bits per heavy atom. The minimum Gasteiger partial charge on any atom is -0.309 e. The van der Waals surface area contributed by atoms with Crippen LogP contribution in [-0.2, 0) is 13.1 Å². The number of carbonyl (C=O) groups is 1. The van der Waals surface area contributed by atoms with E-state index in [2.05, 4.69) is 10.3 Å². The summed E-state index contributed by atoms with van der Waals surface area (Å²) in [7, 11) is 1.75. The molecular formula is C15H15N3O. The first-order valence-electron chi connectivity index (χ1n) is 6.27. The van der Waals surface area contributed by atoms with Crippen molar-refractivity contribution in [2.24, 2.45) is 0 Å². The molecule has 96 valence electrons. The Balaban J connectivity index is 1.88. The maximum absolute atomic E-state index is 12.4. The molecule has 0 spiro atoms. The van der Waals surface area contributed by atoms with Crippen LogP contribution >= 0.6 is 0 Å². The highest BCUT2D eigenvalue weighted by molar-refractivity contribution is 6.05. The molecule has 4 nitrogen and oxygen atoms in total. The molecule has 3 rings (SSSR count). The van der Waals surface area contributed by atoms with Gasteiger partial charge in [-0.1, -0.05) is 12.1 Å². The Labute approximate surface area is 112 Å². The van der Waals surface area contributed by atoms with Crippen molar-refractivity contribution in [3.8, 4) is 0 Å². The predicted molar refractivity (Wildman–Crippen MR) is 74.0 cm³/mol. The van der Waals surface area contributed by atoms with Crippen molar-refractivity contribution < 1.29 is 4.79 Å². The summed E-state index contributed by atoms with van der Waals surface area (Å²) in [6, 6.07) is 11.4. The fourth-order valence-corrected chi connectivity index (χ4v) is 2.28. The first-order valence-corrected chi connectivity index (χ1v) is 6.27. The maximum Gasteiger partial charge on any atom is 0.259 e. The minimum absolute atomic E-state index is 0.0339. The highest BCUT2D eigenvalue weighted by Gasteiger charge is 2.17. The van der Waals surface area contributed by atoms with Gasteiger partial charge in [-0.2, -0.15) is 0 Å². The molecule has 0 atom stereocenters. The molecule has 0 fully saturated rings. The lowest BCUT2D eigenvalue weighted by Crippen LogP contribution is -2.27. The van der Waals surface area contributed by atoms with Crippen LogP contribution < -0.4 is 10.2 Å². The zero-order valence-corrected chi connectivity index (χ0v) is 10.8. The molecule has 2 aromatic rings. The average molecular weight is 253 g/mol. The highest BCUT2D eigenvalue weighted by Crippen LogP contribution is 2.19. The Bertz CT molecular complexity index is 610. The van der Waals surface area contributed by atoms with Gasteiger partial charge in [0, 0.05) is 31.9 Å². The van der Waals surface area contributed by atoms with Crippen LogP contribution in [0.1, 0.15) is 21.5 Å². The molecule has 19 heavy (non-hydrogen) atoms. The quantitative estimate of drug-likeness (QED) is 0.890. The normalized spacial score (nSPS) is 13.1. The highest BCUT2D eigenvalue weighted by atomic mass is 16.2. The average Bonchev–Trinajstić information content (AvgIpc) is 2.94. The number of benzene rings is 1. The molecular weight excluding hydrogens is 238 g/mol. The molecule has 0 saturated heterocycles. The van der Waals surface area contributed by atoms with Crippen molar-refractivity contribution in [2.75, 3.05) is 11.9 Å². The lowest BCUT2D eigenvalue weighted by Gasteiger charge is -2.16. The SMILES string of the molecule is CN(C(=O)c1ccc2c(c1)CNC2)c1ccccn1. The Hall–Kier alpha value is -2.20. The monoisotopic (exact) mass is 253 g/mol. The molecule has 1 amide bonds. The Kier molecular flexibility index (Phi) is 3.01. The third kappa shape index (κ3) is 2.22. The maximum atomic E-state index is 12.4. The molecule has 1 aliphatic rings. The lowest BCUT2D eigenvalue weighted by molar-refractivity contribution is 0.0992. The largest absolute Gasteiger partial charge is 0.309 e. The third-order valence-electron chi connectivity index (χ3n) is 3.38. The molecule has 0 radical (unpaired) electrons. The molecule has 1 aromatic heterocycles. The molecule has 0 saturated carbocycles. The molecule has 1 N–H and O–H groups in total. The number of hydrogen-bond donors (Lipinski definition) is 1. The second-order valence-electron chi connectivity index (χ2n) is 4.64. The van der Waals surface area contributed by atoms with E-state index in [0.717, 1.165) is 13.1 Å². The Morgan fingerprint density at radius 1 is 1.21 bits per heavy atom. The number of hydrogen-bond acceptors (Lipinski definition) is 3.